The van der Waals surface area contributed by atoms with E-state index in [1.165, 1.54) is 0 Å². The van der Waals surface area contributed by atoms with Gasteiger partial charge in [-0.05, 0) is 5.56 Å². The van der Waals surface area contributed by atoms with E-state index in [1.807, 2.05) is 6.07 Å². The summed E-state index contributed by atoms with van der Waals surface area (Å²) in [6, 6.07) is 8.89. The number of primary amides is 1. The topological polar surface area (TPSA) is 133 Å². The Morgan fingerprint density at radius 2 is 1.90 bits per heavy atom. The number of nitrogens with one attached hydrogen (secondary N) is 1. The normalized spacial score (nSPS) is 10.2. The summed E-state index contributed by atoms with van der Waals surface area (Å²) in [6.45, 7) is -0.0219. The van der Waals surface area contributed by atoms with Crippen molar-refractivity contribution in [1.82, 2.24) is 9.71 Å². The van der Waals surface area contributed by atoms with Crippen LogP contribution in [0.1, 0.15) is 15.9 Å². The molecule has 0 spiro atoms. The van der Waals surface area contributed by atoms with Crippen molar-refractivity contribution in [3.8, 4) is 0 Å². The number of hydrogen-bond donors (Lipinski definition) is 3. The van der Waals surface area contributed by atoms with Crippen molar-refractivity contribution in [2.24, 2.45) is 5.73 Å². The highest BCUT2D eigenvalue weighted by Crippen LogP contribution is 1.99. The lowest BCUT2D eigenvalue weighted by molar-refractivity contribution is 0.0771. The van der Waals surface area contributed by atoms with Gasteiger partial charge in [-0.3, -0.25) is 14.6 Å². The van der Waals surface area contributed by atoms with E-state index >= 15 is 0 Å². The molecule has 0 bridgehead atoms. The Kier molecular flexibility index (Phi) is 3.56. The molecule has 1 aromatic heterocycles. The quantitative estimate of drug-likeness (QED) is 0.648. The maximum absolute atomic E-state index is 11.9. The van der Waals surface area contributed by atoms with Crippen molar-refractivity contribution in [1.29, 1.82) is 0 Å². The molecule has 5 N–H and O–H groups in total. The Labute approximate surface area is 112 Å². The van der Waals surface area contributed by atoms with E-state index in [1.54, 1.807) is 24.3 Å². The highest BCUT2D eigenvalue weighted by Gasteiger charge is 2.17. The van der Waals surface area contributed by atoms with Crippen LogP contribution in [0.4, 0.5) is 5.82 Å². The fourth-order valence-electron chi connectivity index (χ4n) is 1.61. The second-order valence-electron chi connectivity index (χ2n) is 3.94. The zero-order chi connectivity index (χ0) is 14.7. The van der Waals surface area contributed by atoms with Gasteiger partial charge < -0.3 is 16.3 Å². The van der Waals surface area contributed by atoms with Gasteiger partial charge >= 0.3 is 11.2 Å². The molecule has 2 rings (SSSR count). The van der Waals surface area contributed by atoms with Crippen LogP contribution in [0, 0.1) is 0 Å². The van der Waals surface area contributed by atoms with Crippen LogP contribution in [-0.2, 0) is 6.61 Å². The maximum atomic E-state index is 11.9. The Bertz CT molecular complexity index is 748. The summed E-state index contributed by atoms with van der Waals surface area (Å²) >= 11 is 0. The summed E-state index contributed by atoms with van der Waals surface area (Å²) in [6.07, 6.45) is 0. The van der Waals surface area contributed by atoms with E-state index in [0.717, 1.165) is 5.56 Å². The van der Waals surface area contributed by atoms with E-state index in [2.05, 4.69) is 4.98 Å². The molecule has 0 atom stereocenters. The van der Waals surface area contributed by atoms with Gasteiger partial charge in [-0.2, -0.15) is 0 Å². The van der Waals surface area contributed by atoms with E-state index in [4.69, 9.17) is 16.3 Å². The SMILES string of the molecule is NC(=O)c1c(N)[nH]c(=O)n(OCc2ccccc2)c1=O. The molecular weight excluding hydrogens is 264 g/mol. The molecule has 2 aromatic rings. The summed E-state index contributed by atoms with van der Waals surface area (Å²) < 4.78 is 0.420. The Morgan fingerprint density at radius 1 is 1.25 bits per heavy atom. The lowest BCUT2D eigenvalue weighted by atomic mass is 10.2. The van der Waals surface area contributed by atoms with E-state index in [-0.39, 0.29) is 12.4 Å². The molecule has 8 nitrogen and oxygen atoms in total. The summed E-state index contributed by atoms with van der Waals surface area (Å²) in [5.41, 5.74) is 8.76. The molecule has 1 aromatic carbocycles. The Balaban J connectivity index is 2.38. The number of amides is 1. The first-order valence-electron chi connectivity index (χ1n) is 5.62. The first-order valence-corrected chi connectivity index (χ1v) is 5.62. The molecule has 1 amide bonds. The van der Waals surface area contributed by atoms with Crippen molar-refractivity contribution < 1.29 is 9.63 Å². The molecule has 0 aliphatic heterocycles. The molecule has 0 aliphatic rings. The van der Waals surface area contributed by atoms with E-state index in [0.29, 0.717) is 4.73 Å². The Hall–Kier alpha value is -3.03. The summed E-state index contributed by atoms with van der Waals surface area (Å²) in [5.74, 6) is -1.42. The van der Waals surface area contributed by atoms with Gasteiger partial charge in [0.2, 0.25) is 0 Å². The average molecular weight is 276 g/mol. The second kappa shape index (κ2) is 5.31. The zero-order valence-electron chi connectivity index (χ0n) is 10.3. The van der Waals surface area contributed by atoms with Crippen molar-refractivity contribution in [3.63, 3.8) is 0 Å². The monoisotopic (exact) mass is 276 g/mol. The minimum atomic E-state index is -1.04. The third kappa shape index (κ3) is 2.53. The third-order valence-electron chi connectivity index (χ3n) is 2.54. The number of anilines is 1. The highest BCUT2D eigenvalue weighted by molar-refractivity contribution is 5.96. The zero-order valence-corrected chi connectivity index (χ0v) is 10.3. The predicted molar refractivity (Wildman–Crippen MR) is 71.0 cm³/mol. The number of carbonyl (C=O) groups excluding carboxylic acids is 1. The molecule has 0 saturated heterocycles. The minimum absolute atomic E-state index is 0.0219. The van der Waals surface area contributed by atoms with Crippen LogP contribution in [0.15, 0.2) is 39.9 Å². The van der Waals surface area contributed by atoms with Gasteiger partial charge in [-0.25, -0.2) is 4.79 Å². The van der Waals surface area contributed by atoms with Gasteiger partial charge in [-0.1, -0.05) is 35.1 Å². The molecular formula is C12H12N4O4. The predicted octanol–water partition coefficient (Wildman–Crippen LogP) is -1.15. The lowest BCUT2D eigenvalue weighted by Gasteiger charge is -2.09. The standard InChI is InChI=1S/C12H12N4O4/c13-9-8(10(14)17)11(18)16(12(19)15-9)20-6-7-4-2-1-3-5-7/h1-5H,6,13H2,(H2,14,17)(H,15,19). The summed E-state index contributed by atoms with van der Waals surface area (Å²) in [4.78, 5) is 41.9. The number of rotatable bonds is 4. The molecule has 0 unspecified atom stereocenters. The maximum Gasteiger partial charge on any atom is 0.363 e. The van der Waals surface area contributed by atoms with Crippen molar-refractivity contribution in [2.45, 2.75) is 6.61 Å². The number of carbonyl (C=O) groups is 1. The van der Waals surface area contributed by atoms with Crippen LogP contribution >= 0.6 is 0 Å². The minimum Gasteiger partial charge on any atom is -0.401 e. The van der Waals surface area contributed by atoms with Crippen LogP contribution in [-0.4, -0.2) is 15.6 Å². The van der Waals surface area contributed by atoms with Gasteiger partial charge in [0.1, 0.15) is 18.0 Å². The molecule has 0 fully saturated rings. The first kappa shape index (κ1) is 13.4. The van der Waals surface area contributed by atoms with Crippen molar-refractivity contribution in [3.05, 3.63) is 62.3 Å². The highest BCUT2D eigenvalue weighted by atomic mass is 16.7. The van der Waals surface area contributed by atoms with E-state index in [9.17, 15) is 14.4 Å². The summed E-state index contributed by atoms with van der Waals surface area (Å²) in [5, 5.41) is 0. The van der Waals surface area contributed by atoms with Gasteiger partial charge in [0.05, 0.1) is 0 Å². The molecule has 0 radical (unpaired) electrons. The number of H-pyrrole nitrogens is 1. The average Bonchev–Trinajstić information content (AvgIpc) is 2.38. The molecule has 0 saturated carbocycles. The molecule has 8 heteroatoms. The smallest absolute Gasteiger partial charge is 0.363 e. The van der Waals surface area contributed by atoms with Gasteiger partial charge in [0, 0.05) is 0 Å². The van der Waals surface area contributed by atoms with E-state index < -0.39 is 22.7 Å². The third-order valence-corrected chi connectivity index (χ3v) is 2.54. The number of nitrogen functional groups attached to an aromatic ring is 1. The van der Waals surface area contributed by atoms with Crippen LogP contribution in [0.2, 0.25) is 0 Å². The van der Waals surface area contributed by atoms with Crippen LogP contribution < -0.4 is 27.6 Å². The fourth-order valence-corrected chi connectivity index (χ4v) is 1.61. The fraction of sp³-hybridized carbons (Fsp3) is 0.0833. The van der Waals surface area contributed by atoms with Crippen LogP contribution in [0.5, 0.6) is 0 Å². The van der Waals surface area contributed by atoms with Gasteiger partial charge in [0.15, 0.2) is 0 Å². The number of hydrogen-bond acceptors (Lipinski definition) is 5. The van der Waals surface area contributed by atoms with Crippen LogP contribution in [0.25, 0.3) is 0 Å². The summed E-state index contributed by atoms with van der Waals surface area (Å²) in [7, 11) is 0. The van der Waals surface area contributed by atoms with Gasteiger partial charge in [0.25, 0.3) is 5.91 Å². The second-order valence-corrected chi connectivity index (χ2v) is 3.94. The molecule has 20 heavy (non-hydrogen) atoms. The van der Waals surface area contributed by atoms with Crippen LogP contribution in [0.3, 0.4) is 0 Å². The number of aromatic nitrogens is 2. The van der Waals surface area contributed by atoms with Crippen molar-refractivity contribution in [2.75, 3.05) is 5.73 Å². The largest absolute Gasteiger partial charge is 0.401 e. The lowest BCUT2D eigenvalue weighted by Crippen LogP contribution is -2.44. The molecule has 1 heterocycles. The molecule has 104 valence electrons. The number of aromatic amines is 1. The Morgan fingerprint density at radius 3 is 2.50 bits per heavy atom. The number of nitrogens with zero attached hydrogens (tertiary/aromatic N) is 1. The molecule has 0 aliphatic carbocycles. The number of nitrogens with two attached hydrogens (primary N) is 2. The van der Waals surface area contributed by atoms with Gasteiger partial charge in [-0.15, -0.1) is 0 Å². The number of benzene rings is 1. The van der Waals surface area contributed by atoms with Crippen molar-refractivity contribution >= 4 is 11.7 Å². The first-order chi connectivity index (χ1) is 9.50.